The van der Waals surface area contributed by atoms with Crippen molar-refractivity contribution in [2.45, 2.75) is 19.9 Å². The summed E-state index contributed by atoms with van der Waals surface area (Å²) in [6, 6.07) is 1.88. The lowest BCUT2D eigenvalue weighted by atomic mass is 10.1. The zero-order chi connectivity index (χ0) is 14.7. The van der Waals surface area contributed by atoms with Crippen LogP contribution in [0.15, 0.2) is 12.1 Å². The van der Waals surface area contributed by atoms with Crippen LogP contribution < -0.4 is 16.4 Å². The number of carbonyl (C=O) groups is 2. The predicted octanol–water partition coefficient (Wildman–Crippen LogP) is 0.806. The minimum absolute atomic E-state index is 0.0775. The predicted molar refractivity (Wildman–Crippen MR) is 69.4 cm³/mol. The maximum Gasteiger partial charge on any atom is 0.338 e. The molecule has 1 aromatic rings. The van der Waals surface area contributed by atoms with Crippen LogP contribution in [0.3, 0.4) is 0 Å². The Labute approximate surface area is 109 Å². The topological polar surface area (TPSA) is 110 Å². The van der Waals surface area contributed by atoms with Crippen LogP contribution in [0.1, 0.15) is 24.2 Å². The van der Waals surface area contributed by atoms with E-state index in [1.165, 1.54) is 4.90 Å². The third-order valence-electron chi connectivity index (χ3n) is 2.61. The molecule has 1 aromatic carbocycles. The summed E-state index contributed by atoms with van der Waals surface area (Å²) in [6.45, 7) is 3.44. The molecule has 0 unspecified atom stereocenters. The van der Waals surface area contributed by atoms with Crippen molar-refractivity contribution in [1.29, 1.82) is 0 Å². The number of nitrogens with zero attached hydrogens (tertiary/aromatic N) is 1. The molecule has 6 nitrogen and oxygen atoms in total. The number of hydrogen-bond donors (Lipinski definition) is 3. The molecule has 0 fully saturated rings. The van der Waals surface area contributed by atoms with Crippen molar-refractivity contribution in [2.24, 2.45) is 5.73 Å². The molecule has 19 heavy (non-hydrogen) atoms. The fourth-order valence-electron chi connectivity index (χ4n) is 1.71. The summed E-state index contributed by atoms with van der Waals surface area (Å²) < 4.78 is 13.7. The van der Waals surface area contributed by atoms with Gasteiger partial charge in [-0.3, -0.25) is 4.79 Å². The van der Waals surface area contributed by atoms with E-state index in [0.717, 1.165) is 12.1 Å². The number of carboxylic acids is 1. The molecule has 0 bridgehead atoms. The molecule has 1 amide bonds. The zero-order valence-electron chi connectivity index (χ0n) is 10.7. The molecule has 5 N–H and O–H groups in total. The van der Waals surface area contributed by atoms with Gasteiger partial charge >= 0.3 is 5.97 Å². The maximum atomic E-state index is 13.7. The fraction of sp³-hybridized carbons (Fsp3) is 0.333. The van der Waals surface area contributed by atoms with Crippen molar-refractivity contribution in [3.8, 4) is 0 Å². The number of nitrogens with two attached hydrogens (primary N) is 2. The average molecular weight is 269 g/mol. The van der Waals surface area contributed by atoms with Crippen LogP contribution in [0, 0.1) is 5.82 Å². The van der Waals surface area contributed by atoms with Crippen LogP contribution in [0.4, 0.5) is 15.8 Å². The minimum atomic E-state index is -1.40. The van der Waals surface area contributed by atoms with Crippen LogP contribution in [0.2, 0.25) is 0 Å². The van der Waals surface area contributed by atoms with Crippen LogP contribution in [0.5, 0.6) is 0 Å². The first-order valence-electron chi connectivity index (χ1n) is 5.61. The molecule has 0 heterocycles. The first kappa shape index (κ1) is 14.7. The summed E-state index contributed by atoms with van der Waals surface area (Å²) in [5, 5.41) is 8.79. The number of benzene rings is 1. The Balaban J connectivity index is 3.28. The van der Waals surface area contributed by atoms with E-state index < -0.39 is 23.3 Å². The Morgan fingerprint density at radius 2 is 2.00 bits per heavy atom. The molecule has 0 aromatic heterocycles. The number of carboxylic acid groups (broad SMARTS) is 1. The van der Waals surface area contributed by atoms with Gasteiger partial charge in [0.2, 0.25) is 5.91 Å². The van der Waals surface area contributed by atoms with Crippen LogP contribution in [-0.4, -0.2) is 29.6 Å². The lowest BCUT2D eigenvalue weighted by Crippen LogP contribution is -2.39. The van der Waals surface area contributed by atoms with Crippen molar-refractivity contribution in [3.63, 3.8) is 0 Å². The number of rotatable bonds is 5. The number of amides is 1. The highest BCUT2D eigenvalue weighted by molar-refractivity contribution is 5.91. The van der Waals surface area contributed by atoms with E-state index >= 15 is 0 Å². The lowest BCUT2D eigenvalue weighted by molar-refractivity contribution is -0.116. The molecule has 0 atom stereocenters. The van der Waals surface area contributed by atoms with Gasteiger partial charge in [-0.25, -0.2) is 9.18 Å². The van der Waals surface area contributed by atoms with E-state index in [2.05, 4.69) is 0 Å². The maximum absolute atomic E-state index is 13.7. The highest BCUT2D eigenvalue weighted by atomic mass is 19.1. The van der Waals surface area contributed by atoms with Gasteiger partial charge in [-0.15, -0.1) is 0 Å². The van der Waals surface area contributed by atoms with Crippen LogP contribution in [-0.2, 0) is 4.79 Å². The highest BCUT2D eigenvalue weighted by Gasteiger charge is 2.20. The van der Waals surface area contributed by atoms with Gasteiger partial charge in [0.25, 0.3) is 0 Å². The number of anilines is 2. The zero-order valence-corrected chi connectivity index (χ0v) is 10.7. The highest BCUT2D eigenvalue weighted by Crippen LogP contribution is 2.28. The third kappa shape index (κ3) is 3.34. The van der Waals surface area contributed by atoms with E-state index in [0.29, 0.717) is 0 Å². The first-order valence-corrected chi connectivity index (χ1v) is 5.61. The third-order valence-corrected chi connectivity index (χ3v) is 2.61. The molecule has 0 aliphatic rings. The summed E-state index contributed by atoms with van der Waals surface area (Å²) in [5.74, 6) is -2.90. The molecule has 7 heteroatoms. The van der Waals surface area contributed by atoms with Crippen molar-refractivity contribution in [2.75, 3.05) is 17.2 Å². The van der Waals surface area contributed by atoms with Gasteiger partial charge in [0.05, 0.1) is 23.5 Å². The van der Waals surface area contributed by atoms with E-state index in [-0.39, 0.29) is 24.0 Å². The van der Waals surface area contributed by atoms with Crippen molar-refractivity contribution in [3.05, 3.63) is 23.5 Å². The molecule has 0 aliphatic carbocycles. The van der Waals surface area contributed by atoms with Gasteiger partial charge in [-0.2, -0.15) is 0 Å². The van der Waals surface area contributed by atoms with Gasteiger partial charge in [0.15, 0.2) is 0 Å². The Bertz CT molecular complexity index is 517. The molecule has 104 valence electrons. The normalized spacial score (nSPS) is 10.5. The number of hydrogen-bond acceptors (Lipinski definition) is 4. The van der Waals surface area contributed by atoms with E-state index in [9.17, 15) is 14.0 Å². The first-order chi connectivity index (χ1) is 8.73. The number of aromatic carboxylic acids is 1. The van der Waals surface area contributed by atoms with E-state index in [1.54, 1.807) is 13.8 Å². The number of nitrogen functional groups attached to an aromatic ring is 1. The molecule has 0 spiro atoms. The average Bonchev–Trinajstić information content (AvgIpc) is 2.27. The summed E-state index contributed by atoms with van der Waals surface area (Å²) in [4.78, 5) is 23.3. The van der Waals surface area contributed by atoms with Gasteiger partial charge in [-0.1, -0.05) is 0 Å². The second-order valence-corrected chi connectivity index (χ2v) is 4.38. The number of primary amides is 1. The number of halogens is 1. The van der Waals surface area contributed by atoms with Gasteiger partial charge in [-0.05, 0) is 19.9 Å². The fourth-order valence-corrected chi connectivity index (χ4v) is 1.71. The van der Waals surface area contributed by atoms with E-state index in [1.807, 2.05) is 0 Å². The Hall–Kier alpha value is -2.31. The standard InChI is InChI=1S/C12H16FN3O3/c1-6(2)16(5-11(15)17)10-4-8(13)7(12(18)19)3-9(10)14/h3-4,6H,5,14H2,1-2H3,(H2,15,17)(H,18,19). The van der Waals surface area contributed by atoms with Gasteiger partial charge < -0.3 is 21.5 Å². The quantitative estimate of drug-likeness (QED) is 0.685. The lowest BCUT2D eigenvalue weighted by Gasteiger charge is -2.29. The molecule has 1 rings (SSSR count). The second kappa shape index (κ2) is 5.55. The number of carbonyl (C=O) groups excluding carboxylic acids is 1. The molecule has 0 saturated heterocycles. The van der Waals surface area contributed by atoms with Crippen molar-refractivity contribution >= 4 is 23.3 Å². The summed E-state index contributed by atoms with van der Waals surface area (Å²) in [7, 11) is 0. The SMILES string of the molecule is CC(C)N(CC(N)=O)c1cc(F)c(C(=O)O)cc1N. The monoisotopic (exact) mass is 269 g/mol. The Morgan fingerprint density at radius 1 is 1.42 bits per heavy atom. The summed E-state index contributed by atoms with van der Waals surface area (Å²) >= 11 is 0. The van der Waals surface area contributed by atoms with Gasteiger partial charge in [0.1, 0.15) is 5.82 Å². The molecule has 0 saturated carbocycles. The van der Waals surface area contributed by atoms with Crippen molar-refractivity contribution < 1.29 is 19.1 Å². The molecular formula is C12H16FN3O3. The molecular weight excluding hydrogens is 253 g/mol. The minimum Gasteiger partial charge on any atom is -0.478 e. The molecule has 0 aliphatic heterocycles. The molecule has 0 radical (unpaired) electrons. The Kier molecular flexibility index (Phi) is 4.31. The van der Waals surface area contributed by atoms with Gasteiger partial charge in [0, 0.05) is 12.1 Å². The largest absolute Gasteiger partial charge is 0.478 e. The van der Waals surface area contributed by atoms with Crippen LogP contribution >= 0.6 is 0 Å². The van der Waals surface area contributed by atoms with Crippen LogP contribution in [0.25, 0.3) is 0 Å². The second-order valence-electron chi connectivity index (χ2n) is 4.38. The Morgan fingerprint density at radius 3 is 2.42 bits per heavy atom. The smallest absolute Gasteiger partial charge is 0.338 e. The van der Waals surface area contributed by atoms with Crippen molar-refractivity contribution in [1.82, 2.24) is 0 Å². The van der Waals surface area contributed by atoms with E-state index in [4.69, 9.17) is 16.6 Å². The summed E-state index contributed by atoms with van der Waals surface area (Å²) in [5.41, 5.74) is 10.7. The summed E-state index contributed by atoms with van der Waals surface area (Å²) in [6.07, 6.45) is 0.